The van der Waals surface area contributed by atoms with Crippen molar-refractivity contribution in [2.45, 2.75) is 26.1 Å². The Morgan fingerprint density at radius 2 is 1.59 bits per heavy atom. The Morgan fingerprint density at radius 1 is 0.882 bits per heavy atom. The van der Waals surface area contributed by atoms with Gasteiger partial charge in [-0.3, -0.25) is 24.4 Å². The molecule has 0 spiro atoms. The summed E-state index contributed by atoms with van der Waals surface area (Å²) in [5, 5.41) is 0. The van der Waals surface area contributed by atoms with E-state index in [2.05, 4.69) is 14.9 Å². The molecule has 4 aromatic rings. The molecule has 0 radical (unpaired) electrons. The smallest absolute Gasteiger partial charge is 0.261 e. The van der Waals surface area contributed by atoms with Crippen molar-refractivity contribution >= 4 is 11.8 Å². The minimum Gasteiger partial charge on any atom is -0.463 e. The van der Waals surface area contributed by atoms with E-state index in [1.165, 1.54) is 4.90 Å². The van der Waals surface area contributed by atoms with Crippen LogP contribution in [-0.2, 0) is 26.1 Å². The number of hydrogen-bond donors (Lipinski definition) is 0. The third kappa shape index (κ3) is 3.68. The van der Waals surface area contributed by atoms with Crippen molar-refractivity contribution in [3.63, 3.8) is 0 Å². The number of carbonyl (C=O) groups excluding carboxylic acids is 2. The maximum absolute atomic E-state index is 12.6. The minimum absolute atomic E-state index is 0.126. The summed E-state index contributed by atoms with van der Waals surface area (Å²) < 4.78 is 5.98. The molecule has 0 N–H and O–H groups in total. The summed E-state index contributed by atoms with van der Waals surface area (Å²) in [5.41, 5.74) is 4.04. The summed E-state index contributed by atoms with van der Waals surface area (Å²) in [6.07, 6.45) is 6.22. The number of fused-ring (bicyclic) bond motifs is 2. The van der Waals surface area contributed by atoms with Crippen LogP contribution < -0.4 is 0 Å². The molecule has 2 aliphatic rings. The zero-order valence-electron chi connectivity index (χ0n) is 18.3. The van der Waals surface area contributed by atoms with Gasteiger partial charge in [-0.05, 0) is 36.4 Å². The van der Waals surface area contributed by atoms with Crippen molar-refractivity contribution in [2.75, 3.05) is 6.54 Å². The number of furan rings is 1. The average molecular weight is 451 g/mol. The van der Waals surface area contributed by atoms with Gasteiger partial charge in [0.2, 0.25) is 0 Å². The molecule has 2 amide bonds. The molecule has 34 heavy (non-hydrogen) atoms. The SMILES string of the molecule is O=C1c2ccccc2C(=O)N1Cc1ccc(CN2CCc3nc(-c4ccncc4)ncc3C2)o1. The molecule has 0 fully saturated rings. The van der Waals surface area contributed by atoms with Gasteiger partial charge in [-0.25, -0.2) is 9.97 Å². The van der Waals surface area contributed by atoms with Crippen molar-refractivity contribution in [3.8, 4) is 11.4 Å². The maximum atomic E-state index is 12.6. The molecule has 0 saturated carbocycles. The summed E-state index contributed by atoms with van der Waals surface area (Å²) in [6, 6.07) is 14.5. The highest BCUT2D eigenvalue weighted by Gasteiger charge is 2.35. The molecule has 1 aromatic carbocycles. The molecular formula is C26H21N5O3. The van der Waals surface area contributed by atoms with Crippen molar-refractivity contribution in [1.82, 2.24) is 24.8 Å². The van der Waals surface area contributed by atoms with E-state index < -0.39 is 0 Å². The third-order valence-corrected chi connectivity index (χ3v) is 6.24. The number of imide groups is 1. The van der Waals surface area contributed by atoms with E-state index in [0.29, 0.717) is 23.4 Å². The molecule has 8 nitrogen and oxygen atoms in total. The molecule has 3 aromatic heterocycles. The lowest BCUT2D eigenvalue weighted by Crippen LogP contribution is -2.31. The second-order valence-corrected chi connectivity index (χ2v) is 8.47. The van der Waals surface area contributed by atoms with Gasteiger partial charge in [0.1, 0.15) is 11.5 Å². The number of aromatic nitrogens is 3. The van der Waals surface area contributed by atoms with Gasteiger partial charge in [-0.1, -0.05) is 12.1 Å². The number of amides is 2. The van der Waals surface area contributed by atoms with Gasteiger partial charge in [0.15, 0.2) is 5.82 Å². The lowest BCUT2D eigenvalue weighted by molar-refractivity contribution is 0.0630. The standard InChI is InChI=1S/C26H21N5O3/c32-25-21-3-1-2-4-22(21)26(33)31(25)16-20-6-5-19(34-20)15-30-12-9-23-18(14-30)13-28-24(29-23)17-7-10-27-11-8-17/h1-8,10-11,13H,9,12,14-16H2. The average Bonchev–Trinajstić information content (AvgIpc) is 3.42. The summed E-state index contributed by atoms with van der Waals surface area (Å²) >= 11 is 0. The second kappa shape index (κ2) is 8.31. The molecule has 6 rings (SSSR count). The first kappa shape index (κ1) is 20.4. The molecule has 2 aliphatic heterocycles. The number of nitrogens with zero attached hydrogens (tertiary/aromatic N) is 5. The second-order valence-electron chi connectivity index (χ2n) is 8.47. The molecule has 0 saturated heterocycles. The van der Waals surface area contributed by atoms with Crippen LogP contribution in [0.25, 0.3) is 11.4 Å². The fraction of sp³-hybridized carbons (Fsp3) is 0.192. The monoisotopic (exact) mass is 451 g/mol. The van der Waals surface area contributed by atoms with E-state index in [9.17, 15) is 9.59 Å². The van der Waals surface area contributed by atoms with Crippen molar-refractivity contribution in [3.05, 3.63) is 101 Å². The highest BCUT2D eigenvalue weighted by molar-refractivity contribution is 6.21. The first-order valence-corrected chi connectivity index (χ1v) is 11.2. The predicted molar refractivity (Wildman–Crippen MR) is 122 cm³/mol. The van der Waals surface area contributed by atoms with E-state index in [1.54, 1.807) is 36.7 Å². The van der Waals surface area contributed by atoms with Crippen LogP contribution in [0.1, 0.15) is 43.5 Å². The van der Waals surface area contributed by atoms with Gasteiger partial charge in [0.05, 0.1) is 29.9 Å². The summed E-state index contributed by atoms with van der Waals surface area (Å²) in [7, 11) is 0. The van der Waals surface area contributed by atoms with Gasteiger partial charge in [0, 0.05) is 49.2 Å². The van der Waals surface area contributed by atoms with Gasteiger partial charge in [-0.2, -0.15) is 0 Å². The van der Waals surface area contributed by atoms with Crippen molar-refractivity contribution in [1.29, 1.82) is 0 Å². The quantitative estimate of drug-likeness (QED) is 0.429. The zero-order valence-corrected chi connectivity index (χ0v) is 18.3. The Morgan fingerprint density at radius 3 is 2.32 bits per heavy atom. The summed E-state index contributed by atoms with van der Waals surface area (Å²) in [6.45, 7) is 2.35. The van der Waals surface area contributed by atoms with E-state index in [0.717, 1.165) is 47.9 Å². The largest absolute Gasteiger partial charge is 0.463 e. The molecule has 8 heteroatoms. The number of benzene rings is 1. The number of rotatable bonds is 5. The lowest BCUT2D eigenvalue weighted by Gasteiger charge is -2.27. The molecule has 0 atom stereocenters. The Labute approximate surface area is 195 Å². The van der Waals surface area contributed by atoms with E-state index in [4.69, 9.17) is 9.40 Å². The molecule has 0 aliphatic carbocycles. The lowest BCUT2D eigenvalue weighted by atomic mass is 10.1. The number of hydrogen-bond acceptors (Lipinski definition) is 7. The van der Waals surface area contributed by atoms with Crippen molar-refractivity contribution < 1.29 is 14.0 Å². The Hall–Kier alpha value is -4.17. The van der Waals surface area contributed by atoms with Crippen molar-refractivity contribution in [2.24, 2.45) is 0 Å². The first-order chi connectivity index (χ1) is 16.7. The van der Waals surface area contributed by atoms with E-state index in [-0.39, 0.29) is 18.4 Å². The van der Waals surface area contributed by atoms with Crippen LogP contribution >= 0.6 is 0 Å². The fourth-order valence-electron chi connectivity index (χ4n) is 4.50. The Bertz CT molecular complexity index is 1360. The van der Waals surface area contributed by atoms with Gasteiger partial charge >= 0.3 is 0 Å². The molecule has 0 bridgehead atoms. The van der Waals surface area contributed by atoms with Crippen LogP contribution in [0, 0.1) is 0 Å². The van der Waals surface area contributed by atoms with Crippen LogP contribution in [0.2, 0.25) is 0 Å². The zero-order chi connectivity index (χ0) is 23.1. The summed E-state index contributed by atoms with van der Waals surface area (Å²) in [5.74, 6) is 1.55. The van der Waals surface area contributed by atoms with Crippen LogP contribution in [0.5, 0.6) is 0 Å². The van der Waals surface area contributed by atoms with E-state index in [1.807, 2.05) is 30.5 Å². The number of carbonyl (C=O) groups is 2. The maximum Gasteiger partial charge on any atom is 0.261 e. The predicted octanol–water partition coefficient (Wildman–Crippen LogP) is 3.49. The molecular weight excluding hydrogens is 430 g/mol. The van der Waals surface area contributed by atoms with Crippen LogP contribution in [-0.4, -0.2) is 43.1 Å². The first-order valence-electron chi connectivity index (χ1n) is 11.2. The molecule has 0 unspecified atom stereocenters. The highest BCUT2D eigenvalue weighted by atomic mass is 16.3. The van der Waals surface area contributed by atoms with Crippen LogP contribution in [0.3, 0.4) is 0 Å². The molecule has 5 heterocycles. The highest BCUT2D eigenvalue weighted by Crippen LogP contribution is 2.26. The Balaban J connectivity index is 1.11. The van der Waals surface area contributed by atoms with Gasteiger partial charge in [-0.15, -0.1) is 0 Å². The summed E-state index contributed by atoms with van der Waals surface area (Å²) in [4.78, 5) is 42.1. The molecule has 168 valence electrons. The van der Waals surface area contributed by atoms with Gasteiger partial charge < -0.3 is 4.42 Å². The minimum atomic E-state index is -0.280. The van der Waals surface area contributed by atoms with Crippen LogP contribution in [0.15, 0.2) is 71.5 Å². The van der Waals surface area contributed by atoms with Gasteiger partial charge in [0.25, 0.3) is 11.8 Å². The topological polar surface area (TPSA) is 92.4 Å². The Kier molecular flexibility index (Phi) is 5.00. The fourth-order valence-corrected chi connectivity index (χ4v) is 4.50. The third-order valence-electron chi connectivity index (χ3n) is 6.24. The normalized spacial score (nSPS) is 15.5. The number of pyridine rings is 1. The van der Waals surface area contributed by atoms with Crippen LogP contribution in [0.4, 0.5) is 0 Å². The van der Waals surface area contributed by atoms with E-state index >= 15 is 0 Å².